The third-order valence-corrected chi connectivity index (χ3v) is 3.89. The van der Waals surface area contributed by atoms with E-state index in [-0.39, 0.29) is 5.69 Å². The summed E-state index contributed by atoms with van der Waals surface area (Å²) < 4.78 is 25.0. The fraction of sp³-hybridized carbons (Fsp3) is 0.222. The van der Waals surface area contributed by atoms with Crippen molar-refractivity contribution in [1.82, 2.24) is 0 Å². The van der Waals surface area contributed by atoms with Gasteiger partial charge in [-0.1, -0.05) is 0 Å². The first kappa shape index (κ1) is 14.7. The van der Waals surface area contributed by atoms with Gasteiger partial charge in [-0.05, 0) is 13.0 Å². The second-order valence-electron chi connectivity index (χ2n) is 3.59. The van der Waals surface area contributed by atoms with E-state index in [4.69, 9.17) is 5.11 Å². The van der Waals surface area contributed by atoms with Crippen LogP contribution in [0, 0.1) is 10.1 Å². The highest BCUT2D eigenvalue weighted by Crippen LogP contribution is 2.29. The van der Waals surface area contributed by atoms with Gasteiger partial charge in [0.2, 0.25) is 10.0 Å². The number of aliphatic carboxylic acids is 1. The van der Waals surface area contributed by atoms with Crippen molar-refractivity contribution in [2.75, 3.05) is 4.72 Å². The standard InChI is InChI=1S/C9H10N2O7S/c1-5(9(13)14)19(17,18)10-7-3-2-6(11(15)16)4-8(7)12/h2-5,10,12H,1H3,(H,13,14). The number of hydrogen-bond acceptors (Lipinski definition) is 6. The third kappa shape index (κ3) is 3.31. The Bertz CT molecular complexity index is 625. The highest BCUT2D eigenvalue weighted by Gasteiger charge is 2.28. The lowest BCUT2D eigenvalue weighted by molar-refractivity contribution is -0.384. The molecule has 0 aliphatic carbocycles. The van der Waals surface area contributed by atoms with Crippen molar-refractivity contribution in [3.8, 4) is 5.75 Å². The van der Waals surface area contributed by atoms with Gasteiger partial charge < -0.3 is 10.2 Å². The predicted molar refractivity (Wildman–Crippen MR) is 64.4 cm³/mol. The second-order valence-corrected chi connectivity index (χ2v) is 5.59. The first-order valence-corrected chi connectivity index (χ1v) is 6.41. The van der Waals surface area contributed by atoms with Crippen LogP contribution in [0.1, 0.15) is 6.92 Å². The number of anilines is 1. The minimum absolute atomic E-state index is 0.335. The average molecular weight is 290 g/mol. The van der Waals surface area contributed by atoms with Gasteiger partial charge in [-0.2, -0.15) is 0 Å². The van der Waals surface area contributed by atoms with Gasteiger partial charge >= 0.3 is 5.97 Å². The number of phenols is 1. The normalized spacial score (nSPS) is 12.7. The summed E-state index contributed by atoms with van der Waals surface area (Å²) in [6.07, 6.45) is 0. The van der Waals surface area contributed by atoms with Gasteiger partial charge in [0.15, 0.2) is 5.25 Å². The predicted octanol–water partition coefficient (Wildman–Crippen LogP) is 0.515. The Morgan fingerprint density at radius 2 is 2.05 bits per heavy atom. The maximum atomic E-state index is 11.6. The summed E-state index contributed by atoms with van der Waals surface area (Å²) in [4.78, 5) is 20.3. The lowest BCUT2D eigenvalue weighted by Crippen LogP contribution is -2.32. The van der Waals surface area contributed by atoms with E-state index in [2.05, 4.69) is 0 Å². The minimum atomic E-state index is -4.25. The van der Waals surface area contributed by atoms with Gasteiger partial charge in [0.25, 0.3) is 5.69 Å². The molecule has 0 aromatic heterocycles. The van der Waals surface area contributed by atoms with Gasteiger partial charge in [0.05, 0.1) is 16.7 Å². The third-order valence-electron chi connectivity index (χ3n) is 2.26. The van der Waals surface area contributed by atoms with E-state index in [9.17, 15) is 28.4 Å². The lowest BCUT2D eigenvalue weighted by Gasteiger charge is -2.12. The molecule has 0 radical (unpaired) electrons. The molecule has 1 unspecified atom stereocenters. The molecule has 0 bridgehead atoms. The number of carboxylic acid groups (broad SMARTS) is 1. The van der Waals surface area contributed by atoms with Gasteiger partial charge in [-0.15, -0.1) is 0 Å². The van der Waals surface area contributed by atoms with Crippen LogP contribution < -0.4 is 4.72 Å². The van der Waals surface area contributed by atoms with Crippen LogP contribution in [-0.2, 0) is 14.8 Å². The SMILES string of the molecule is CC(C(=O)O)S(=O)(=O)Nc1ccc([N+](=O)[O-])cc1O. The number of carboxylic acids is 1. The largest absolute Gasteiger partial charge is 0.505 e. The van der Waals surface area contributed by atoms with Crippen molar-refractivity contribution in [1.29, 1.82) is 0 Å². The van der Waals surface area contributed by atoms with Gasteiger partial charge in [-0.3, -0.25) is 19.6 Å². The van der Waals surface area contributed by atoms with Crippen molar-refractivity contribution in [2.24, 2.45) is 0 Å². The van der Waals surface area contributed by atoms with Crippen molar-refractivity contribution in [3.05, 3.63) is 28.3 Å². The van der Waals surface area contributed by atoms with E-state index in [1.807, 2.05) is 4.72 Å². The molecule has 0 spiro atoms. The number of nitro benzene ring substituents is 1. The molecule has 1 rings (SSSR count). The molecular formula is C9H10N2O7S. The summed E-state index contributed by atoms with van der Waals surface area (Å²) in [6, 6.07) is 2.70. The Labute approximate surface area is 107 Å². The average Bonchev–Trinajstić information content (AvgIpc) is 2.30. The van der Waals surface area contributed by atoms with E-state index >= 15 is 0 Å². The first-order valence-electron chi connectivity index (χ1n) is 4.87. The zero-order valence-electron chi connectivity index (χ0n) is 9.60. The number of nitrogens with zero attached hydrogens (tertiary/aromatic N) is 1. The van der Waals surface area contributed by atoms with E-state index in [0.29, 0.717) is 0 Å². The number of aromatic hydroxyl groups is 1. The molecule has 0 saturated heterocycles. The van der Waals surface area contributed by atoms with Crippen LogP contribution in [0.4, 0.5) is 11.4 Å². The lowest BCUT2D eigenvalue weighted by atomic mass is 10.2. The van der Waals surface area contributed by atoms with Crippen LogP contribution in [0.3, 0.4) is 0 Å². The molecule has 10 heteroatoms. The maximum Gasteiger partial charge on any atom is 0.323 e. The number of nitro groups is 1. The highest BCUT2D eigenvalue weighted by molar-refractivity contribution is 7.94. The molecule has 0 fully saturated rings. The van der Waals surface area contributed by atoms with Crippen molar-refractivity contribution in [2.45, 2.75) is 12.2 Å². The Morgan fingerprint density at radius 3 is 2.47 bits per heavy atom. The highest BCUT2D eigenvalue weighted by atomic mass is 32.2. The quantitative estimate of drug-likeness (QED) is 0.406. The number of nitrogens with one attached hydrogen (secondary N) is 1. The van der Waals surface area contributed by atoms with Crippen molar-refractivity contribution in [3.63, 3.8) is 0 Å². The summed E-state index contributed by atoms with van der Waals surface area (Å²) >= 11 is 0. The fourth-order valence-corrected chi connectivity index (χ4v) is 2.02. The number of sulfonamides is 1. The summed E-state index contributed by atoms with van der Waals surface area (Å²) in [5.74, 6) is -2.23. The van der Waals surface area contributed by atoms with Crippen LogP contribution in [0.15, 0.2) is 18.2 Å². The number of rotatable bonds is 5. The maximum absolute atomic E-state index is 11.6. The molecule has 19 heavy (non-hydrogen) atoms. The van der Waals surface area contributed by atoms with Gasteiger partial charge in [0, 0.05) is 6.07 Å². The number of phenolic OH excluding ortho intramolecular Hbond substituents is 1. The number of carbonyl (C=O) groups is 1. The van der Waals surface area contributed by atoms with Gasteiger partial charge in [-0.25, -0.2) is 8.42 Å². The molecular weight excluding hydrogens is 280 g/mol. The van der Waals surface area contributed by atoms with Crippen LogP contribution >= 0.6 is 0 Å². The molecule has 104 valence electrons. The van der Waals surface area contributed by atoms with E-state index in [1.54, 1.807) is 0 Å². The molecule has 9 nitrogen and oxygen atoms in total. The van der Waals surface area contributed by atoms with Gasteiger partial charge in [0.1, 0.15) is 5.75 Å². The number of non-ortho nitro benzene ring substituents is 1. The van der Waals surface area contributed by atoms with Crippen LogP contribution in [-0.4, -0.2) is 34.8 Å². The topological polar surface area (TPSA) is 147 Å². The van der Waals surface area contributed by atoms with E-state index < -0.39 is 37.6 Å². The van der Waals surface area contributed by atoms with E-state index in [0.717, 1.165) is 25.1 Å². The second kappa shape index (κ2) is 5.10. The number of hydrogen-bond donors (Lipinski definition) is 3. The molecule has 1 aromatic rings. The summed E-state index contributed by atoms with van der Waals surface area (Å²) in [5.41, 5.74) is -0.759. The molecule has 1 atom stereocenters. The van der Waals surface area contributed by atoms with Crippen molar-refractivity contribution >= 4 is 27.4 Å². The molecule has 0 aliphatic rings. The van der Waals surface area contributed by atoms with Crippen molar-refractivity contribution < 1.29 is 28.3 Å². The molecule has 0 saturated carbocycles. The Hall–Kier alpha value is -2.36. The first-order chi connectivity index (χ1) is 8.65. The smallest absolute Gasteiger partial charge is 0.323 e. The molecule has 0 aliphatic heterocycles. The zero-order chi connectivity index (χ0) is 14.8. The monoisotopic (exact) mass is 290 g/mol. The summed E-state index contributed by atoms with van der Waals surface area (Å²) in [5, 5.41) is 26.7. The Kier molecular flexibility index (Phi) is 3.95. The minimum Gasteiger partial charge on any atom is -0.505 e. The molecule has 3 N–H and O–H groups in total. The molecule has 0 amide bonds. The Balaban J connectivity index is 3.07. The summed E-state index contributed by atoms with van der Waals surface area (Å²) in [7, 11) is -4.25. The van der Waals surface area contributed by atoms with Crippen LogP contribution in [0.2, 0.25) is 0 Å². The van der Waals surface area contributed by atoms with Crippen LogP contribution in [0.25, 0.3) is 0 Å². The summed E-state index contributed by atoms with van der Waals surface area (Å²) in [6.45, 7) is 0.951. The van der Waals surface area contributed by atoms with E-state index in [1.165, 1.54) is 0 Å². The number of benzene rings is 1. The zero-order valence-corrected chi connectivity index (χ0v) is 10.4. The molecule has 1 aromatic carbocycles. The fourth-order valence-electron chi connectivity index (χ4n) is 1.09. The Morgan fingerprint density at radius 1 is 1.47 bits per heavy atom. The molecule has 0 heterocycles. The van der Waals surface area contributed by atoms with Crippen LogP contribution in [0.5, 0.6) is 5.75 Å².